The average Bonchev–Trinajstić information content (AvgIpc) is 3.56. The van der Waals surface area contributed by atoms with Gasteiger partial charge in [0.1, 0.15) is 30.7 Å². The van der Waals surface area contributed by atoms with Gasteiger partial charge in [0.15, 0.2) is 12.3 Å². The second kappa shape index (κ2) is 35.7. The molecule has 69 heavy (non-hydrogen) atoms. The third kappa shape index (κ3) is 29.6. The highest BCUT2D eigenvalue weighted by atomic mass is 31.3. The maximum Gasteiger partial charge on any atom is 0.481 e. The molecular weight excluding hydrogens is 936 g/mol. The van der Waals surface area contributed by atoms with Crippen LogP contribution in [0.5, 0.6) is 0 Å². The molecular formula is C48H81N3O16P2. The maximum absolute atomic E-state index is 12.8. The van der Waals surface area contributed by atoms with Crippen molar-refractivity contribution in [3.63, 3.8) is 0 Å². The van der Waals surface area contributed by atoms with Gasteiger partial charge in [-0.2, -0.15) is 9.29 Å². The fraction of sp³-hybridized carbons (Fsp3) is 0.708. The summed E-state index contributed by atoms with van der Waals surface area (Å²) in [5.74, 6) is -0.649. The molecule has 2 rings (SSSR count). The molecule has 8 atom stereocenters. The number of rotatable bonds is 39. The standard InChI is InChI=1S/C48H81N3O16P2/c1-4-28-39(52)30-25-21-17-13-8-6-5-7-9-14-18-22-26-31-43(53)62-35-40(65-44(54)32-27-23-19-15-11-10-12-16-20-24-29-38(2)3)36-63-68(58,59)67-69(60,61)64-37-41-45(55)46(56)47(66-41)51-34-33-42(49)50-48(51)57/h5,7-8,13-14,18,21,25,33-34,38-41,45-47,52,55-56H,4,6,9-12,15-17,19-20,22-24,26-32,35-37H2,1-3H3,(H,58,59)(H,60,61)(H2,49,50,57)/b7-5-,13-8-,18-14-,25-21-/t39?,40-,41-,45-,46-,47-/m1/s1. The highest BCUT2D eigenvalue weighted by molar-refractivity contribution is 7.61. The molecule has 0 amide bonds. The van der Waals surface area contributed by atoms with Crippen LogP contribution in [0.2, 0.25) is 0 Å². The Bertz CT molecular complexity index is 1870. The molecule has 19 nitrogen and oxygen atoms in total. The van der Waals surface area contributed by atoms with E-state index in [1.807, 2.05) is 30.4 Å². The normalized spacial score (nSPS) is 20.3. The molecule has 0 radical (unpaired) electrons. The summed E-state index contributed by atoms with van der Waals surface area (Å²) in [7, 11) is -10.9. The van der Waals surface area contributed by atoms with Crippen molar-refractivity contribution in [3.8, 4) is 0 Å². The number of carbonyl (C=O) groups excluding carboxylic acids is 2. The van der Waals surface area contributed by atoms with Gasteiger partial charge >= 0.3 is 33.3 Å². The van der Waals surface area contributed by atoms with Crippen LogP contribution in [0.15, 0.2) is 65.7 Å². The Hall–Kier alpha value is -3.32. The van der Waals surface area contributed by atoms with E-state index in [9.17, 15) is 48.6 Å². The zero-order valence-corrected chi connectivity index (χ0v) is 42.7. The Balaban J connectivity index is 1.84. The van der Waals surface area contributed by atoms with Gasteiger partial charge in [-0.05, 0) is 63.4 Å². The number of aliphatic hydroxyl groups is 3. The number of hydrogen-bond donors (Lipinski definition) is 6. The molecule has 394 valence electrons. The summed E-state index contributed by atoms with van der Waals surface area (Å²) in [4.78, 5) is 61.8. The van der Waals surface area contributed by atoms with Crippen LogP contribution in [-0.2, 0) is 46.3 Å². The first kappa shape index (κ1) is 61.8. The van der Waals surface area contributed by atoms with E-state index in [2.05, 4.69) is 48.3 Å². The van der Waals surface area contributed by atoms with Crippen molar-refractivity contribution in [1.29, 1.82) is 0 Å². The van der Waals surface area contributed by atoms with E-state index in [1.165, 1.54) is 44.6 Å². The van der Waals surface area contributed by atoms with Crippen molar-refractivity contribution in [2.45, 2.75) is 192 Å². The number of hydrogen-bond acceptors (Lipinski definition) is 16. The first-order valence-corrected chi connectivity index (χ1v) is 27.6. The van der Waals surface area contributed by atoms with Gasteiger partial charge in [0, 0.05) is 19.0 Å². The number of nitrogens with zero attached hydrogens (tertiary/aromatic N) is 2. The monoisotopic (exact) mass is 1020 g/mol. The molecule has 0 aliphatic carbocycles. The number of ether oxygens (including phenoxy) is 3. The summed E-state index contributed by atoms with van der Waals surface area (Å²) >= 11 is 0. The van der Waals surface area contributed by atoms with Gasteiger partial charge in [0.2, 0.25) is 0 Å². The predicted molar refractivity (Wildman–Crippen MR) is 262 cm³/mol. The number of unbranched alkanes of at least 4 members (excludes halogenated alkanes) is 10. The molecule has 21 heteroatoms. The lowest BCUT2D eigenvalue weighted by Gasteiger charge is -2.21. The summed E-state index contributed by atoms with van der Waals surface area (Å²) < 4.78 is 56.6. The van der Waals surface area contributed by atoms with Gasteiger partial charge in [-0.25, -0.2) is 13.9 Å². The molecule has 1 aliphatic rings. The Morgan fingerprint density at radius 1 is 0.783 bits per heavy atom. The number of phosphoric acid groups is 2. The summed E-state index contributed by atoms with van der Waals surface area (Å²) in [5, 5.41) is 30.6. The molecule has 0 saturated carbocycles. The first-order chi connectivity index (χ1) is 32.9. The Kier molecular flexibility index (Phi) is 32.0. The third-order valence-electron chi connectivity index (χ3n) is 10.9. The van der Waals surface area contributed by atoms with Crippen molar-refractivity contribution in [3.05, 3.63) is 71.4 Å². The number of allylic oxidation sites excluding steroid dienone is 7. The number of nitrogens with two attached hydrogens (primary N) is 1. The highest BCUT2D eigenvalue weighted by Crippen LogP contribution is 2.60. The third-order valence-corrected chi connectivity index (χ3v) is 13.5. The quantitative estimate of drug-likeness (QED) is 0.0156. The Morgan fingerprint density at radius 2 is 1.35 bits per heavy atom. The first-order valence-electron chi connectivity index (χ1n) is 24.6. The minimum Gasteiger partial charge on any atom is -0.462 e. The van der Waals surface area contributed by atoms with Gasteiger partial charge in [-0.1, -0.05) is 140 Å². The number of phosphoric ester groups is 2. The number of carbonyl (C=O) groups is 2. The lowest BCUT2D eigenvalue weighted by atomic mass is 10.0. The van der Waals surface area contributed by atoms with Crippen LogP contribution in [0.25, 0.3) is 0 Å². The minimum absolute atomic E-state index is 0.0307. The molecule has 7 N–H and O–H groups in total. The largest absolute Gasteiger partial charge is 0.481 e. The van der Waals surface area contributed by atoms with Crippen molar-refractivity contribution in [2.24, 2.45) is 5.92 Å². The molecule has 0 spiro atoms. The van der Waals surface area contributed by atoms with Crippen molar-refractivity contribution in [1.82, 2.24) is 9.55 Å². The van der Waals surface area contributed by atoms with Gasteiger partial charge in [0.25, 0.3) is 0 Å². The molecule has 1 saturated heterocycles. The average molecular weight is 1020 g/mol. The topological polar surface area (TPSA) is 286 Å². The van der Waals surface area contributed by atoms with E-state index in [-0.39, 0.29) is 24.8 Å². The number of anilines is 1. The molecule has 0 aromatic carbocycles. The summed E-state index contributed by atoms with van der Waals surface area (Å²) in [6.07, 6.45) is 27.1. The molecule has 1 aliphatic heterocycles. The van der Waals surface area contributed by atoms with Crippen LogP contribution in [0, 0.1) is 5.92 Å². The lowest BCUT2D eigenvalue weighted by Crippen LogP contribution is -2.36. The number of aromatic nitrogens is 2. The summed E-state index contributed by atoms with van der Waals surface area (Å²) in [6, 6.07) is 1.24. The zero-order valence-electron chi connectivity index (χ0n) is 40.9. The van der Waals surface area contributed by atoms with Crippen LogP contribution in [-0.4, -0.2) is 96.9 Å². The van der Waals surface area contributed by atoms with Gasteiger partial charge in [0.05, 0.1) is 19.3 Å². The van der Waals surface area contributed by atoms with Gasteiger partial charge in [-0.3, -0.25) is 23.2 Å². The molecule has 0 bridgehead atoms. The molecule has 3 unspecified atom stereocenters. The molecule has 1 aromatic heterocycles. The van der Waals surface area contributed by atoms with E-state index >= 15 is 0 Å². The second-order valence-corrected chi connectivity index (χ2v) is 20.7. The van der Waals surface area contributed by atoms with E-state index in [1.54, 1.807) is 0 Å². The maximum atomic E-state index is 12.8. The highest BCUT2D eigenvalue weighted by Gasteiger charge is 2.46. The van der Waals surface area contributed by atoms with E-state index < -0.39 is 83.7 Å². The Labute approximate surface area is 408 Å². The van der Waals surface area contributed by atoms with E-state index in [0.717, 1.165) is 74.5 Å². The second-order valence-electron chi connectivity index (χ2n) is 17.6. The number of esters is 2. The smallest absolute Gasteiger partial charge is 0.462 e. The van der Waals surface area contributed by atoms with Gasteiger partial charge < -0.3 is 45.1 Å². The van der Waals surface area contributed by atoms with Crippen LogP contribution < -0.4 is 11.4 Å². The number of nitrogen functional groups attached to an aromatic ring is 1. The SMILES string of the molecule is CCCC(O)C/C=C\C/C=C\C/C=C\C/C=C\CCCC(=O)OC[C@H](COP(=O)(O)OP(=O)(O)OC[C@H]1O[C@@H](n2ccc(N)nc2=O)[C@H](O)[C@@H]1O)OC(=O)CCCCCCCCCCCCC(C)C. The minimum atomic E-state index is -5.44. The van der Waals surface area contributed by atoms with Crippen molar-refractivity contribution >= 4 is 33.4 Å². The van der Waals surface area contributed by atoms with Crippen LogP contribution in [0.1, 0.15) is 162 Å². The predicted octanol–water partition coefficient (Wildman–Crippen LogP) is 8.60. The van der Waals surface area contributed by atoms with E-state index in [4.69, 9.17) is 29.0 Å². The Morgan fingerprint density at radius 3 is 1.96 bits per heavy atom. The van der Waals surface area contributed by atoms with Gasteiger partial charge in [-0.15, -0.1) is 0 Å². The van der Waals surface area contributed by atoms with E-state index in [0.29, 0.717) is 25.7 Å². The number of aliphatic hydroxyl groups excluding tert-OH is 3. The van der Waals surface area contributed by atoms with Crippen molar-refractivity contribution in [2.75, 3.05) is 25.6 Å². The van der Waals surface area contributed by atoms with Crippen LogP contribution >= 0.6 is 15.6 Å². The zero-order chi connectivity index (χ0) is 50.9. The molecule has 2 heterocycles. The molecule has 1 fully saturated rings. The fourth-order valence-electron chi connectivity index (χ4n) is 7.09. The fourth-order valence-corrected chi connectivity index (χ4v) is 9.20. The summed E-state index contributed by atoms with van der Waals surface area (Å²) in [6.45, 7) is 4.16. The summed E-state index contributed by atoms with van der Waals surface area (Å²) in [5.41, 5.74) is 4.58. The van der Waals surface area contributed by atoms with Crippen LogP contribution in [0.4, 0.5) is 5.82 Å². The lowest BCUT2D eigenvalue weighted by molar-refractivity contribution is -0.161. The van der Waals surface area contributed by atoms with Crippen LogP contribution in [0.3, 0.4) is 0 Å². The molecule has 1 aromatic rings. The van der Waals surface area contributed by atoms with Crippen molar-refractivity contribution < 1.29 is 71.4 Å².